The first kappa shape index (κ1) is 13.8. The van der Waals surface area contributed by atoms with Crippen molar-refractivity contribution < 1.29 is 9.18 Å². The van der Waals surface area contributed by atoms with Gasteiger partial charge >= 0.3 is 0 Å². The zero-order chi connectivity index (χ0) is 13.8. The van der Waals surface area contributed by atoms with E-state index in [1.807, 2.05) is 6.07 Å². The van der Waals surface area contributed by atoms with E-state index in [1.165, 1.54) is 6.07 Å². The number of carbonyl (C=O) groups excluding carboxylic acids is 1. The minimum absolute atomic E-state index is 0.0659. The van der Waals surface area contributed by atoms with Crippen LogP contribution in [0.15, 0.2) is 18.2 Å². The van der Waals surface area contributed by atoms with Crippen LogP contribution in [0.2, 0.25) is 0 Å². The zero-order valence-corrected chi connectivity index (χ0v) is 11.2. The van der Waals surface area contributed by atoms with E-state index in [2.05, 4.69) is 10.2 Å². The van der Waals surface area contributed by atoms with Gasteiger partial charge < -0.3 is 16.0 Å². The predicted molar refractivity (Wildman–Crippen MR) is 73.3 cm³/mol. The summed E-state index contributed by atoms with van der Waals surface area (Å²) in [4.78, 5) is 13.7. The molecule has 0 unspecified atom stereocenters. The second kappa shape index (κ2) is 6.02. The van der Waals surface area contributed by atoms with E-state index in [-0.39, 0.29) is 24.2 Å². The molecule has 0 bridgehead atoms. The molecule has 1 aliphatic rings. The highest BCUT2D eigenvalue weighted by Gasteiger charge is 2.25. The number of hydrogen-bond donors (Lipinski definition) is 2. The maximum Gasteiger partial charge on any atom is 0.222 e. The number of amides is 1. The van der Waals surface area contributed by atoms with Crippen LogP contribution in [-0.4, -0.2) is 26.0 Å². The fraction of sp³-hybridized carbons (Fsp3) is 0.500. The summed E-state index contributed by atoms with van der Waals surface area (Å²) in [5, 5.41) is 2.68. The minimum atomic E-state index is -0.256. The van der Waals surface area contributed by atoms with Gasteiger partial charge in [0, 0.05) is 43.9 Å². The van der Waals surface area contributed by atoms with Crippen LogP contribution in [0, 0.1) is 11.7 Å². The van der Waals surface area contributed by atoms with Gasteiger partial charge in [0.2, 0.25) is 5.91 Å². The maximum atomic E-state index is 13.7. The molecule has 0 radical (unpaired) electrons. The largest absolute Gasteiger partial charge is 0.371 e. The normalized spacial score (nSPS) is 16.5. The molecular weight excluding hydrogens is 245 g/mol. The molecule has 5 heteroatoms. The number of rotatable bonds is 3. The molecular formula is C14H20FN3O. The highest BCUT2D eigenvalue weighted by atomic mass is 19.1. The molecule has 1 aliphatic heterocycles. The molecule has 1 heterocycles. The van der Waals surface area contributed by atoms with E-state index in [0.29, 0.717) is 5.56 Å². The molecule has 0 saturated carbocycles. The van der Waals surface area contributed by atoms with E-state index in [4.69, 9.17) is 5.73 Å². The lowest BCUT2D eigenvalue weighted by Crippen LogP contribution is -2.40. The summed E-state index contributed by atoms with van der Waals surface area (Å²) in [5.74, 6) is -0.0949. The second-order valence-electron chi connectivity index (χ2n) is 4.82. The molecule has 1 saturated heterocycles. The number of nitrogens with two attached hydrogens (primary N) is 1. The summed E-state index contributed by atoms with van der Waals surface area (Å²) >= 11 is 0. The van der Waals surface area contributed by atoms with Gasteiger partial charge in [-0.3, -0.25) is 4.79 Å². The van der Waals surface area contributed by atoms with Gasteiger partial charge in [0.15, 0.2) is 0 Å². The van der Waals surface area contributed by atoms with Crippen molar-refractivity contribution >= 4 is 11.6 Å². The first-order chi connectivity index (χ1) is 9.17. The Morgan fingerprint density at radius 2 is 2.16 bits per heavy atom. The average molecular weight is 265 g/mol. The number of nitrogens with one attached hydrogen (secondary N) is 1. The molecule has 104 valence electrons. The third kappa shape index (κ3) is 2.87. The van der Waals surface area contributed by atoms with Gasteiger partial charge in [0.25, 0.3) is 0 Å². The Hall–Kier alpha value is -1.62. The van der Waals surface area contributed by atoms with Gasteiger partial charge in [-0.25, -0.2) is 4.39 Å². The topological polar surface area (TPSA) is 58.4 Å². The Labute approximate surface area is 112 Å². The molecule has 2 rings (SSSR count). The zero-order valence-electron chi connectivity index (χ0n) is 11.2. The molecule has 0 atom stereocenters. The smallest absolute Gasteiger partial charge is 0.222 e. The number of anilines is 1. The molecule has 0 aromatic heterocycles. The van der Waals surface area contributed by atoms with Crippen LogP contribution in [0.4, 0.5) is 10.1 Å². The van der Waals surface area contributed by atoms with Crippen molar-refractivity contribution in [3.05, 3.63) is 29.6 Å². The monoisotopic (exact) mass is 265 g/mol. The summed E-state index contributed by atoms with van der Waals surface area (Å²) in [5.41, 5.74) is 7.04. The molecule has 3 N–H and O–H groups in total. The second-order valence-corrected chi connectivity index (χ2v) is 4.82. The molecule has 0 spiro atoms. The van der Waals surface area contributed by atoms with Gasteiger partial charge in [-0.15, -0.1) is 0 Å². The van der Waals surface area contributed by atoms with E-state index in [9.17, 15) is 9.18 Å². The van der Waals surface area contributed by atoms with Crippen LogP contribution in [0.5, 0.6) is 0 Å². The van der Waals surface area contributed by atoms with Crippen molar-refractivity contribution in [1.29, 1.82) is 0 Å². The fourth-order valence-electron chi connectivity index (χ4n) is 2.63. The number of carbonyl (C=O) groups is 1. The van der Waals surface area contributed by atoms with Gasteiger partial charge in [0.05, 0.1) is 0 Å². The van der Waals surface area contributed by atoms with E-state index < -0.39 is 0 Å². The van der Waals surface area contributed by atoms with Crippen LogP contribution in [0.1, 0.15) is 18.4 Å². The Kier molecular flexibility index (Phi) is 4.37. The van der Waals surface area contributed by atoms with Crippen LogP contribution >= 0.6 is 0 Å². The quantitative estimate of drug-likeness (QED) is 0.864. The van der Waals surface area contributed by atoms with Crippen molar-refractivity contribution in [2.45, 2.75) is 19.4 Å². The molecule has 1 aromatic rings. The lowest BCUT2D eigenvalue weighted by molar-refractivity contribution is -0.125. The predicted octanol–water partition coefficient (Wildman–Crippen LogP) is 1.25. The van der Waals surface area contributed by atoms with Crippen molar-refractivity contribution in [3.8, 4) is 0 Å². The van der Waals surface area contributed by atoms with Gasteiger partial charge in [-0.1, -0.05) is 6.07 Å². The van der Waals surface area contributed by atoms with Crippen molar-refractivity contribution in [1.82, 2.24) is 5.32 Å². The van der Waals surface area contributed by atoms with E-state index >= 15 is 0 Å². The molecule has 1 aromatic carbocycles. The summed E-state index contributed by atoms with van der Waals surface area (Å²) in [6, 6.07) is 5.03. The third-order valence-corrected chi connectivity index (χ3v) is 3.75. The van der Waals surface area contributed by atoms with Crippen LogP contribution in [-0.2, 0) is 11.3 Å². The number of benzene rings is 1. The Morgan fingerprint density at radius 3 is 2.74 bits per heavy atom. The fourth-order valence-corrected chi connectivity index (χ4v) is 2.63. The summed E-state index contributed by atoms with van der Waals surface area (Å²) in [7, 11) is 1.66. The van der Waals surface area contributed by atoms with Gasteiger partial charge in [-0.05, 0) is 25.0 Å². The first-order valence-corrected chi connectivity index (χ1v) is 6.61. The van der Waals surface area contributed by atoms with Crippen LogP contribution in [0.3, 0.4) is 0 Å². The Bertz CT molecular complexity index is 456. The summed E-state index contributed by atoms with van der Waals surface area (Å²) in [6.07, 6.45) is 1.58. The van der Waals surface area contributed by atoms with Crippen molar-refractivity contribution in [3.63, 3.8) is 0 Å². The minimum Gasteiger partial charge on any atom is -0.371 e. The highest BCUT2D eigenvalue weighted by molar-refractivity contribution is 5.78. The number of hydrogen-bond acceptors (Lipinski definition) is 3. The van der Waals surface area contributed by atoms with Gasteiger partial charge in [0.1, 0.15) is 5.82 Å². The number of piperidine rings is 1. The molecule has 1 amide bonds. The van der Waals surface area contributed by atoms with E-state index in [1.54, 1.807) is 13.1 Å². The molecule has 0 aliphatic carbocycles. The third-order valence-electron chi connectivity index (χ3n) is 3.75. The molecule has 19 heavy (non-hydrogen) atoms. The highest BCUT2D eigenvalue weighted by Crippen LogP contribution is 2.27. The standard InChI is InChI=1S/C14H20FN3O/c1-17-14(19)10-5-7-18(8-6-10)13-4-2-3-12(15)11(13)9-16/h2-4,10H,5-9,16H2,1H3,(H,17,19). The lowest BCUT2D eigenvalue weighted by atomic mass is 9.95. The SMILES string of the molecule is CNC(=O)C1CCN(c2cccc(F)c2CN)CC1. The molecule has 1 fully saturated rings. The van der Waals surface area contributed by atoms with Crippen molar-refractivity contribution in [2.24, 2.45) is 11.7 Å². The van der Waals surface area contributed by atoms with E-state index in [0.717, 1.165) is 31.6 Å². The maximum absolute atomic E-state index is 13.7. The summed E-state index contributed by atoms with van der Waals surface area (Å²) < 4.78 is 13.7. The van der Waals surface area contributed by atoms with Crippen LogP contribution in [0.25, 0.3) is 0 Å². The number of halogens is 1. The number of nitrogens with zero attached hydrogens (tertiary/aromatic N) is 1. The van der Waals surface area contributed by atoms with Crippen LogP contribution < -0.4 is 16.0 Å². The Balaban J connectivity index is 2.10. The average Bonchev–Trinajstić information content (AvgIpc) is 2.46. The summed E-state index contributed by atoms with van der Waals surface area (Å²) in [6.45, 7) is 1.71. The lowest BCUT2D eigenvalue weighted by Gasteiger charge is -2.34. The van der Waals surface area contributed by atoms with Crippen molar-refractivity contribution in [2.75, 3.05) is 25.0 Å². The first-order valence-electron chi connectivity index (χ1n) is 6.61. The molecule has 4 nitrogen and oxygen atoms in total. The van der Waals surface area contributed by atoms with Gasteiger partial charge in [-0.2, -0.15) is 0 Å². The Morgan fingerprint density at radius 1 is 1.47 bits per heavy atom.